The second-order valence-corrected chi connectivity index (χ2v) is 5.37. The molecule has 0 aromatic carbocycles. The summed E-state index contributed by atoms with van der Waals surface area (Å²) in [5, 5.41) is 0. The van der Waals surface area contributed by atoms with E-state index < -0.39 is 0 Å². The summed E-state index contributed by atoms with van der Waals surface area (Å²) in [5.41, 5.74) is 2.05. The Morgan fingerprint density at radius 1 is 1.40 bits per heavy atom. The molecule has 2 atom stereocenters. The summed E-state index contributed by atoms with van der Waals surface area (Å²) in [5.74, 6) is 1.76. The minimum atomic E-state index is 0.401. The Kier molecular flexibility index (Phi) is 3.17. The molecule has 2 aliphatic carbocycles. The van der Waals surface area contributed by atoms with Crippen molar-refractivity contribution in [3.05, 3.63) is 11.6 Å². The predicted octanol–water partition coefficient (Wildman–Crippen LogP) is 2.99. The standard InChI is InChI=1S/C13H22O2/c1-13(2)11-5-4-10(8-11)12(13)6-7-15-9-14-3/h6,10-11H,4-5,7-9H2,1-3H3/b12-6+. The molecule has 15 heavy (non-hydrogen) atoms. The Bertz CT molecular complexity index is 255. The van der Waals surface area contributed by atoms with E-state index in [-0.39, 0.29) is 0 Å². The second kappa shape index (κ2) is 4.26. The van der Waals surface area contributed by atoms with E-state index in [1.807, 2.05) is 0 Å². The average Bonchev–Trinajstić information content (AvgIpc) is 2.73. The van der Waals surface area contributed by atoms with Crippen molar-refractivity contribution in [2.24, 2.45) is 17.3 Å². The molecule has 2 saturated carbocycles. The maximum atomic E-state index is 5.35. The largest absolute Gasteiger partial charge is 0.359 e. The van der Waals surface area contributed by atoms with Crippen LogP contribution in [-0.4, -0.2) is 20.5 Å². The summed E-state index contributed by atoms with van der Waals surface area (Å²) in [7, 11) is 1.66. The van der Waals surface area contributed by atoms with E-state index in [2.05, 4.69) is 19.9 Å². The fourth-order valence-corrected chi connectivity index (χ4v) is 3.39. The molecule has 2 nitrogen and oxygen atoms in total. The van der Waals surface area contributed by atoms with Gasteiger partial charge in [0.1, 0.15) is 6.79 Å². The number of methoxy groups -OCH3 is 1. The van der Waals surface area contributed by atoms with Gasteiger partial charge in [0.15, 0.2) is 0 Å². The Morgan fingerprint density at radius 3 is 2.80 bits per heavy atom. The van der Waals surface area contributed by atoms with Gasteiger partial charge in [-0.25, -0.2) is 0 Å². The number of ether oxygens (including phenoxy) is 2. The molecule has 0 aromatic rings. The summed E-state index contributed by atoms with van der Waals surface area (Å²) >= 11 is 0. The normalized spacial score (nSPS) is 35.3. The molecule has 0 saturated heterocycles. The van der Waals surface area contributed by atoms with Gasteiger partial charge < -0.3 is 9.47 Å². The van der Waals surface area contributed by atoms with Crippen molar-refractivity contribution < 1.29 is 9.47 Å². The van der Waals surface area contributed by atoms with Gasteiger partial charge in [-0.15, -0.1) is 0 Å². The van der Waals surface area contributed by atoms with Gasteiger partial charge in [0.05, 0.1) is 6.61 Å². The molecule has 0 amide bonds. The molecule has 0 radical (unpaired) electrons. The fraction of sp³-hybridized carbons (Fsp3) is 0.846. The minimum absolute atomic E-state index is 0.401. The second-order valence-electron chi connectivity index (χ2n) is 5.37. The van der Waals surface area contributed by atoms with Crippen LogP contribution >= 0.6 is 0 Å². The molecule has 0 aromatic heterocycles. The summed E-state index contributed by atoms with van der Waals surface area (Å²) in [6.45, 7) is 5.88. The highest BCUT2D eigenvalue weighted by Crippen LogP contribution is 2.58. The third kappa shape index (κ3) is 1.98. The van der Waals surface area contributed by atoms with Crippen LogP contribution in [0.4, 0.5) is 0 Å². The quantitative estimate of drug-likeness (QED) is 0.403. The van der Waals surface area contributed by atoms with Gasteiger partial charge in [0, 0.05) is 7.11 Å². The van der Waals surface area contributed by atoms with E-state index in [9.17, 15) is 0 Å². The van der Waals surface area contributed by atoms with Gasteiger partial charge in [0.2, 0.25) is 0 Å². The van der Waals surface area contributed by atoms with Crippen molar-refractivity contribution in [3.8, 4) is 0 Å². The lowest BCUT2D eigenvalue weighted by Gasteiger charge is -2.32. The van der Waals surface area contributed by atoms with Crippen LogP contribution < -0.4 is 0 Å². The first-order valence-electron chi connectivity index (χ1n) is 5.93. The van der Waals surface area contributed by atoms with Crippen molar-refractivity contribution in [1.29, 1.82) is 0 Å². The van der Waals surface area contributed by atoms with Gasteiger partial charge in [-0.3, -0.25) is 0 Å². The van der Waals surface area contributed by atoms with Crippen LogP contribution in [0.3, 0.4) is 0 Å². The van der Waals surface area contributed by atoms with Crippen LogP contribution in [0.15, 0.2) is 11.6 Å². The van der Waals surface area contributed by atoms with E-state index in [1.165, 1.54) is 19.3 Å². The van der Waals surface area contributed by atoms with Crippen LogP contribution in [0, 0.1) is 17.3 Å². The Hall–Kier alpha value is -0.340. The van der Waals surface area contributed by atoms with Gasteiger partial charge in [-0.05, 0) is 36.5 Å². The zero-order chi connectivity index (χ0) is 10.9. The topological polar surface area (TPSA) is 18.5 Å². The zero-order valence-electron chi connectivity index (χ0n) is 10.1. The van der Waals surface area contributed by atoms with Gasteiger partial charge in [-0.2, -0.15) is 0 Å². The lowest BCUT2D eigenvalue weighted by Crippen LogP contribution is -2.23. The van der Waals surface area contributed by atoms with E-state index >= 15 is 0 Å². The first-order valence-corrected chi connectivity index (χ1v) is 5.93. The van der Waals surface area contributed by atoms with Crippen molar-refractivity contribution >= 4 is 0 Å². The highest BCUT2D eigenvalue weighted by molar-refractivity contribution is 5.26. The Morgan fingerprint density at radius 2 is 2.20 bits per heavy atom. The maximum absolute atomic E-state index is 5.35. The van der Waals surface area contributed by atoms with Gasteiger partial charge in [0.25, 0.3) is 0 Å². The van der Waals surface area contributed by atoms with Gasteiger partial charge in [-0.1, -0.05) is 25.5 Å². The third-order valence-corrected chi connectivity index (χ3v) is 4.26. The highest BCUT2D eigenvalue weighted by atomic mass is 16.7. The summed E-state index contributed by atoms with van der Waals surface area (Å²) in [6, 6.07) is 0. The monoisotopic (exact) mass is 210 g/mol. The van der Waals surface area contributed by atoms with Crippen LogP contribution in [-0.2, 0) is 9.47 Å². The van der Waals surface area contributed by atoms with E-state index in [0.29, 0.717) is 18.8 Å². The maximum Gasteiger partial charge on any atom is 0.146 e. The SMILES string of the molecule is COCOC/C=C1\C2CCC(C2)C1(C)C. The van der Waals surface area contributed by atoms with E-state index in [1.54, 1.807) is 12.7 Å². The van der Waals surface area contributed by atoms with Crippen molar-refractivity contribution in [2.75, 3.05) is 20.5 Å². The molecule has 0 aliphatic heterocycles. The molecule has 2 bridgehead atoms. The molecule has 0 heterocycles. The predicted molar refractivity (Wildman–Crippen MR) is 60.5 cm³/mol. The average molecular weight is 210 g/mol. The van der Waals surface area contributed by atoms with Crippen LogP contribution in [0.2, 0.25) is 0 Å². The lowest BCUT2D eigenvalue weighted by atomic mass is 9.73. The minimum Gasteiger partial charge on any atom is -0.359 e. The van der Waals surface area contributed by atoms with Crippen LogP contribution in [0.25, 0.3) is 0 Å². The van der Waals surface area contributed by atoms with Gasteiger partial charge >= 0.3 is 0 Å². The van der Waals surface area contributed by atoms with Crippen molar-refractivity contribution in [3.63, 3.8) is 0 Å². The fourth-order valence-electron chi connectivity index (χ4n) is 3.39. The van der Waals surface area contributed by atoms with Crippen molar-refractivity contribution in [2.45, 2.75) is 33.1 Å². The highest BCUT2D eigenvalue weighted by Gasteiger charge is 2.48. The number of hydrogen-bond acceptors (Lipinski definition) is 2. The first-order chi connectivity index (χ1) is 7.16. The van der Waals surface area contributed by atoms with Crippen molar-refractivity contribution in [1.82, 2.24) is 0 Å². The summed E-state index contributed by atoms with van der Waals surface area (Å²) in [6.07, 6.45) is 6.52. The molecule has 2 fully saturated rings. The number of allylic oxidation sites excluding steroid dienone is 1. The van der Waals surface area contributed by atoms with Crippen LogP contribution in [0.1, 0.15) is 33.1 Å². The molecule has 2 aliphatic rings. The zero-order valence-corrected chi connectivity index (χ0v) is 10.1. The molecule has 2 unspecified atom stereocenters. The number of hydrogen-bond donors (Lipinski definition) is 0. The third-order valence-electron chi connectivity index (χ3n) is 4.26. The Balaban J connectivity index is 1.96. The first kappa shape index (κ1) is 11.2. The summed E-state index contributed by atoms with van der Waals surface area (Å²) in [4.78, 5) is 0. The molecular formula is C13H22O2. The summed E-state index contributed by atoms with van der Waals surface area (Å²) < 4.78 is 10.2. The molecule has 86 valence electrons. The molecule has 0 N–H and O–H groups in total. The Labute approximate surface area is 92.6 Å². The number of rotatable bonds is 4. The smallest absolute Gasteiger partial charge is 0.146 e. The molecule has 2 rings (SSSR count). The van der Waals surface area contributed by atoms with E-state index in [0.717, 1.165) is 11.8 Å². The lowest BCUT2D eigenvalue weighted by molar-refractivity contribution is -0.0191. The molecular weight excluding hydrogens is 188 g/mol. The number of fused-ring (bicyclic) bond motifs is 2. The van der Waals surface area contributed by atoms with Crippen LogP contribution in [0.5, 0.6) is 0 Å². The molecule has 0 spiro atoms. The molecule has 2 heteroatoms. The van der Waals surface area contributed by atoms with E-state index in [4.69, 9.17) is 9.47 Å².